The molecule has 1 aromatic carbocycles. The van der Waals surface area contributed by atoms with E-state index in [1.54, 1.807) is 20.8 Å². The molecule has 0 bridgehead atoms. The predicted octanol–water partition coefficient (Wildman–Crippen LogP) is 3.65. The van der Waals surface area contributed by atoms with Crippen LogP contribution in [0.25, 0.3) is 0 Å². The largest absolute Gasteiger partial charge is 0.492 e. The first-order valence-electron chi connectivity index (χ1n) is 6.64. The van der Waals surface area contributed by atoms with Crippen LogP contribution in [0.2, 0.25) is 0 Å². The molecule has 0 unspecified atom stereocenters. The summed E-state index contributed by atoms with van der Waals surface area (Å²) in [4.78, 5) is 11.0. The second-order valence-electron chi connectivity index (χ2n) is 6.18. The lowest BCUT2D eigenvalue weighted by atomic mass is 9.87. The first-order valence-corrected chi connectivity index (χ1v) is 6.64. The highest BCUT2D eigenvalue weighted by atomic mass is 19.4. The van der Waals surface area contributed by atoms with Crippen LogP contribution in [0.1, 0.15) is 26.3 Å². The number of alkyl halides is 6. The summed E-state index contributed by atoms with van der Waals surface area (Å²) in [6.07, 6.45) is -11.0. The van der Waals surface area contributed by atoms with Crippen LogP contribution >= 0.6 is 0 Å². The lowest BCUT2D eigenvalue weighted by Gasteiger charge is -2.29. The molecule has 0 saturated carbocycles. The van der Waals surface area contributed by atoms with Crippen LogP contribution in [-0.4, -0.2) is 24.2 Å². The molecule has 0 radical (unpaired) electrons. The zero-order valence-corrected chi connectivity index (χ0v) is 12.7. The van der Waals surface area contributed by atoms with E-state index in [0.29, 0.717) is 5.56 Å². The van der Waals surface area contributed by atoms with Gasteiger partial charge in [-0.2, -0.15) is 26.3 Å². The van der Waals surface area contributed by atoms with Gasteiger partial charge in [0.2, 0.25) is 0 Å². The molecule has 1 amide bonds. The van der Waals surface area contributed by atoms with Gasteiger partial charge in [-0.05, 0) is 23.1 Å². The Kier molecular flexibility index (Phi) is 3.93. The van der Waals surface area contributed by atoms with Gasteiger partial charge >= 0.3 is 24.2 Å². The van der Waals surface area contributed by atoms with Crippen molar-refractivity contribution in [2.75, 3.05) is 0 Å². The Morgan fingerprint density at radius 2 is 1.54 bits per heavy atom. The molecule has 10 heteroatoms. The van der Waals surface area contributed by atoms with Crippen molar-refractivity contribution in [1.29, 1.82) is 0 Å². The third-order valence-electron chi connectivity index (χ3n) is 3.23. The minimum Gasteiger partial charge on any atom is -0.424 e. The Morgan fingerprint density at radius 3 is 2.00 bits per heavy atom. The molecular formula is C14H13F6NO3. The maximum Gasteiger partial charge on any atom is 0.492 e. The number of fused-ring (bicyclic) bond motifs is 1. The maximum atomic E-state index is 13.2. The lowest BCUT2D eigenvalue weighted by Crippen LogP contribution is -2.66. The third kappa shape index (κ3) is 3.22. The van der Waals surface area contributed by atoms with Crippen molar-refractivity contribution < 1.29 is 40.6 Å². The standard InChI is InChI=1S/C14H13F6NO3/c1-11(2,3)7-4-5-8-9(6-7)24-14(23-8,13(18,19)20)21-10(22)12(15,16)17/h4-6H,1-3H3,(H,21,22)/t14-/m1/s1. The summed E-state index contributed by atoms with van der Waals surface area (Å²) in [5.41, 5.74) is 0.127. The van der Waals surface area contributed by atoms with Crippen LogP contribution in [0, 0.1) is 0 Å². The Balaban J connectivity index is 2.41. The highest BCUT2D eigenvalue weighted by Crippen LogP contribution is 2.46. The van der Waals surface area contributed by atoms with Crippen molar-refractivity contribution >= 4 is 5.91 Å². The first-order chi connectivity index (χ1) is 10.7. The third-order valence-corrected chi connectivity index (χ3v) is 3.23. The maximum absolute atomic E-state index is 13.2. The number of benzene rings is 1. The van der Waals surface area contributed by atoms with Crippen LogP contribution in [0.4, 0.5) is 26.3 Å². The van der Waals surface area contributed by atoms with E-state index in [-0.39, 0.29) is 0 Å². The molecule has 1 aliphatic rings. The fourth-order valence-corrected chi connectivity index (χ4v) is 1.93. The summed E-state index contributed by atoms with van der Waals surface area (Å²) in [5, 5.41) is 0.744. The van der Waals surface area contributed by atoms with Crippen LogP contribution in [0.3, 0.4) is 0 Å². The summed E-state index contributed by atoms with van der Waals surface area (Å²) < 4.78 is 85.7. The smallest absolute Gasteiger partial charge is 0.424 e. The molecule has 1 aromatic rings. The van der Waals surface area contributed by atoms with E-state index in [9.17, 15) is 31.1 Å². The number of amides is 1. The van der Waals surface area contributed by atoms with Crippen LogP contribution in [-0.2, 0) is 10.2 Å². The number of carbonyl (C=O) groups is 1. The van der Waals surface area contributed by atoms with Gasteiger partial charge in [0, 0.05) is 0 Å². The van der Waals surface area contributed by atoms with E-state index in [1.165, 1.54) is 12.1 Å². The molecule has 0 aromatic heterocycles. The van der Waals surface area contributed by atoms with E-state index in [2.05, 4.69) is 9.47 Å². The fourth-order valence-electron chi connectivity index (χ4n) is 1.93. The van der Waals surface area contributed by atoms with Crippen molar-refractivity contribution in [3.8, 4) is 11.5 Å². The Labute approximate surface area is 132 Å². The Morgan fingerprint density at radius 1 is 1.00 bits per heavy atom. The highest BCUT2D eigenvalue weighted by Gasteiger charge is 2.67. The number of carbonyl (C=O) groups excluding carboxylic acids is 1. The topological polar surface area (TPSA) is 47.6 Å². The molecule has 24 heavy (non-hydrogen) atoms. The summed E-state index contributed by atoms with van der Waals surface area (Å²) in [6.45, 7) is 5.35. The predicted molar refractivity (Wildman–Crippen MR) is 69.4 cm³/mol. The van der Waals surface area contributed by atoms with Crippen molar-refractivity contribution in [3.63, 3.8) is 0 Å². The lowest BCUT2D eigenvalue weighted by molar-refractivity contribution is -0.322. The summed E-state index contributed by atoms with van der Waals surface area (Å²) >= 11 is 0. The van der Waals surface area contributed by atoms with Crippen LogP contribution in [0.5, 0.6) is 11.5 Å². The van der Waals surface area contributed by atoms with Crippen molar-refractivity contribution in [3.05, 3.63) is 23.8 Å². The van der Waals surface area contributed by atoms with E-state index in [4.69, 9.17) is 0 Å². The van der Waals surface area contributed by atoms with E-state index < -0.39 is 41.1 Å². The monoisotopic (exact) mass is 357 g/mol. The van der Waals surface area contributed by atoms with Gasteiger partial charge in [0.05, 0.1) is 0 Å². The molecule has 1 N–H and O–H groups in total. The molecule has 1 aliphatic heterocycles. The molecule has 1 heterocycles. The van der Waals surface area contributed by atoms with Crippen molar-refractivity contribution in [2.45, 2.75) is 44.4 Å². The average molecular weight is 357 g/mol. The fraction of sp³-hybridized carbons (Fsp3) is 0.500. The van der Waals surface area contributed by atoms with Gasteiger partial charge in [0.25, 0.3) is 0 Å². The number of nitrogens with one attached hydrogen (secondary N) is 1. The number of hydrogen-bond acceptors (Lipinski definition) is 3. The molecule has 0 spiro atoms. The quantitative estimate of drug-likeness (QED) is 0.781. The molecule has 4 nitrogen and oxygen atoms in total. The molecule has 0 aliphatic carbocycles. The van der Waals surface area contributed by atoms with Gasteiger partial charge in [0.1, 0.15) is 0 Å². The average Bonchev–Trinajstić information content (AvgIpc) is 2.74. The first kappa shape index (κ1) is 18.2. The Hall–Kier alpha value is -2.13. The van der Waals surface area contributed by atoms with E-state index in [1.807, 2.05) is 0 Å². The highest BCUT2D eigenvalue weighted by molar-refractivity contribution is 5.82. The number of hydrogen-bond donors (Lipinski definition) is 1. The van der Waals surface area contributed by atoms with E-state index >= 15 is 0 Å². The van der Waals surface area contributed by atoms with Crippen LogP contribution < -0.4 is 14.8 Å². The second-order valence-corrected chi connectivity index (χ2v) is 6.18. The molecule has 134 valence electrons. The molecule has 1 atom stereocenters. The second kappa shape index (κ2) is 5.18. The molecule has 2 rings (SSSR count). The minimum atomic E-state index is -5.53. The van der Waals surface area contributed by atoms with Gasteiger partial charge in [0.15, 0.2) is 11.5 Å². The summed E-state index contributed by atoms with van der Waals surface area (Å²) in [7, 11) is 0. The molecule has 0 saturated heterocycles. The SMILES string of the molecule is CC(C)(C)c1ccc2c(c1)O[C@@](NC(=O)C(F)(F)F)(C(F)(F)F)O2. The van der Waals surface area contributed by atoms with Crippen molar-refractivity contribution in [1.82, 2.24) is 5.32 Å². The summed E-state index contributed by atoms with van der Waals surface area (Å²) in [5.74, 6) is -7.60. The summed E-state index contributed by atoms with van der Waals surface area (Å²) in [6, 6.07) is 3.83. The zero-order chi connectivity index (χ0) is 18.6. The number of halogens is 6. The molecular weight excluding hydrogens is 344 g/mol. The van der Waals surface area contributed by atoms with Gasteiger partial charge < -0.3 is 9.47 Å². The van der Waals surface area contributed by atoms with E-state index in [0.717, 1.165) is 11.4 Å². The molecule has 0 fully saturated rings. The number of ether oxygens (including phenoxy) is 2. The van der Waals surface area contributed by atoms with Gasteiger partial charge in [-0.15, -0.1) is 0 Å². The van der Waals surface area contributed by atoms with Gasteiger partial charge in [-0.3, -0.25) is 10.1 Å². The zero-order valence-electron chi connectivity index (χ0n) is 12.7. The van der Waals surface area contributed by atoms with Gasteiger partial charge in [-0.1, -0.05) is 26.8 Å². The van der Waals surface area contributed by atoms with Crippen molar-refractivity contribution in [2.24, 2.45) is 0 Å². The number of rotatable bonds is 1. The minimum absolute atomic E-state index is 0.415. The van der Waals surface area contributed by atoms with Crippen LogP contribution in [0.15, 0.2) is 18.2 Å². The normalized spacial score (nSPS) is 20.9. The van der Waals surface area contributed by atoms with Gasteiger partial charge in [-0.25, -0.2) is 0 Å². The Bertz CT molecular complexity index is 662.